The Kier molecular flexibility index (Phi) is 6.91. The second kappa shape index (κ2) is 9.15. The van der Waals surface area contributed by atoms with Gasteiger partial charge in [-0.05, 0) is 43.7 Å². The molecule has 0 aliphatic rings. The molecule has 0 saturated carbocycles. The van der Waals surface area contributed by atoms with E-state index in [0.29, 0.717) is 0 Å². The third-order valence-corrected chi connectivity index (χ3v) is 3.97. The van der Waals surface area contributed by atoms with Gasteiger partial charge in [0, 0.05) is 30.9 Å². The molecule has 8 heteroatoms. The Morgan fingerprint density at radius 3 is 2.46 bits per heavy atom. The third kappa shape index (κ3) is 5.16. The molecule has 2 amide bonds. The van der Waals surface area contributed by atoms with Crippen molar-refractivity contribution in [3.05, 3.63) is 52.9 Å². The highest BCUT2D eigenvalue weighted by molar-refractivity contribution is 6.39. The lowest BCUT2D eigenvalue weighted by molar-refractivity contribution is -0.136. The zero-order valence-corrected chi connectivity index (χ0v) is 15.3. The molecule has 0 unspecified atom stereocenters. The smallest absolute Gasteiger partial charge is 0.313 e. The Balaban J connectivity index is 1.90. The molecule has 1 aromatic carbocycles. The van der Waals surface area contributed by atoms with Crippen molar-refractivity contribution >= 4 is 34.9 Å². The van der Waals surface area contributed by atoms with Crippen LogP contribution in [0.4, 0.5) is 15.9 Å². The molecule has 2 rings (SSSR count). The average Bonchev–Trinajstić information content (AvgIpc) is 2.64. The molecule has 0 aliphatic carbocycles. The van der Waals surface area contributed by atoms with Crippen LogP contribution < -0.4 is 15.5 Å². The molecule has 0 saturated heterocycles. The van der Waals surface area contributed by atoms with E-state index in [0.717, 1.165) is 30.5 Å². The molecular weight excluding hydrogens is 359 g/mol. The van der Waals surface area contributed by atoms with Crippen LogP contribution in [0, 0.1) is 5.82 Å². The van der Waals surface area contributed by atoms with Crippen molar-refractivity contribution in [3.63, 3.8) is 0 Å². The minimum Gasteiger partial charge on any atom is -0.357 e. The summed E-state index contributed by atoms with van der Waals surface area (Å²) in [6.45, 7) is 5.92. The van der Waals surface area contributed by atoms with Gasteiger partial charge >= 0.3 is 11.8 Å². The normalized spacial score (nSPS) is 10.3. The van der Waals surface area contributed by atoms with E-state index in [9.17, 15) is 14.0 Å². The van der Waals surface area contributed by atoms with Gasteiger partial charge < -0.3 is 15.5 Å². The predicted molar refractivity (Wildman–Crippen MR) is 99.7 cm³/mol. The van der Waals surface area contributed by atoms with Crippen molar-refractivity contribution in [1.29, 1.82) is 0 Å². The topological polar surface area (TPSA) is 74.3 Å². The van der Waals surface area contributed by atoms with E-state index in [1.54, 1.807) is 6.20 Å². The van der Waals surface area contributed by atoms with Gasteiger partial charge in [-0.1, -0.05) is 17.7 Å². The fraction of sp³-hybridized carbons (Fsp3) is 0.278. The molecular formula is C18H20ClFN4O2. The number of carbonyl (C=O) groups excluding carboxylic acids is 2. The maximum absolute atomic E-state index is 13.6. The molecule has 26 heavy (non-hydrogen) atoms. The molecule has 0 spiro atoms. The first kappa shape index (κ1) is 19.7. The fourth-order valence-electron chi connectivity index (χ4n) is 2.29. The zero-order valence-electron chi connectivity index (χ0n) is 14.6. The summed E-state index contributed by atoms with van der Waals surface area (Å²) in [6.07, 6.45) is 1.64. The van der Waals surface area contributed by atoms with Gasteiger partial charge in [-0.15, -0.1) is 0 Å². The Morgan fingerprint density at radius 2 is 1.88 bits per heavy atom. The molecule has 2 N–H and O–H groups in total. The molecule has 0 fully saturated rings. The van der Waals surface area contributed by atoms with Gasteiger partial charge in [0.15, 0.2) is 0 Å². The van der Waals surface area contributed by atoms with Crippen LogP contribution >= 0.6 is 11.6 Å². The summed E-state index contributed by atoms with van der Waals surface area (Å²) >= 11 is 5.64. The van der Waals surface area contributed by atoms with Crippen LogP contribution in [0.25, 0.3) is 0 Å². The van der Waals surface area contributed by atoms with E-state index in [1.807, 2.05) is 26.0 Å². The summed E-state index contributed by atoms with van der Waals surface area (Å²) in [6, 6.07) is 7.45. The Labute approximate surface area is 156 Å². The maximum atomic E-state index is 13.6. The number of amides is 2. The molecule has 0 radical (unpaired) electrons. The second-order valence-corrected chi connectivity index (χ2v) is 5.89. The Hall–Kier alpha value is -2.67. The third-order valence-electron chi connectivity index (χ3n) is 3.74. The summed E-state index contributed by atoms with van der Waals surface area (Å²) in [4.78, 5) is 30.2. The molecule has 1 heterocycles. The van der Waals surface area contributed by atoms with Crippen molar-refractivity contribution in [2.45, 2.75) is 20.4 Å². The van der Waals surface area contributed by atoms with Gasteiger partial charge in [0.05, 0.1) is 5.69 Å². The highest BCUT2D eigenvalue weighted by Gasteiger charge is 2.15. The monoisotopic (exact) mass is 378 g/mol. The number of hydrogen-bond donors (Lipinski definition) is 2. The van der Waals surface area contributed by atoms with Crippen LogP contribution in [0.15, 0.2) is 36.5 Å². The van der Waals surface area contributed by atoms with E-state index in [2.05, 4.69) is 20.5 Å². The second-order valence-electron chi connectivity index (χ2n) is 5.46. The number of halogens is 2. The number of anilines is 2. The summed E-state index contributed by atoms with van der Waals surface area (Å²) in [7, 11) is 0. The van der Waals surface area contributed by atoms with Crippen molar-refractivity contribution in [2.75, 3.05) is 23.3 Å². The quantitative estimate of drug-likeness (QED) is 0.758. The zero-order chi connectivity index (χ0) is 19.1. The summed E-state index contributed by atoms with van der Waals surface area (Å²) in [5.74, 6) is -1.69. The predicted octanol–water partition coefficient (Wildman–Crippen LogP) is 2.98. The lowest BCUT2D eigenvalue weighted by Gasteiger charge is -2.19. The first-order chi connectivity index (χ1) is 12.4. The van der Waals surface area contributed by atoms with E-state index >= 15 is 0 Å². The standard InChI is InChI=1S/C18H20ClFN4O2/c1-3-24(4-2)16-8-5-12(10-21-16)11-22-17(25)18(26)23-15-7-6-13(19)9-14(15)20/h5-10H,3-4,11H2,1-2H3,(H,22,25)(H,23,26). The average molecular weight is 379 g/mol. The number of nitrogens with zero attached hydrogens (tertiary/aromatic N) is 2. The van der Waals surface area contributed by atoms with Crippen molar-refractivity contribution in [3.8, 4) is 0 Å². The van der Waals surface area contributed by atoms with Crippen molar-refractivity contribution in [2.24, 2.45) is 0 Å². The number of benzene rings is 1. The molecule has 0 atom stereocenters. The molecule has 2 aromatic rings. The van der Waals surface area contributed by atoms with Gasteiger partial charge in [-0.3, -0.25) is 9.59 Å². The molecule has 6 nitrogen and oxygen atoms in total. The van der Waals surface area contributed by atoms with Crippen molar-refractivity contribution < 1.29 is 14.0 Å². The largest absolute Gasteiger partial charge is 0.357 e. The van der Waals surface area contributed by atoms with E-state index in [1.165, 1.54) is 12.1 Å². The highest BCUT2D eigenvalue weighted by atomic mass is 35.5. The van der Waals surface area contributed by atoms with Crippen LogP contribution in [-0.4, -0.2) is 29.9 Å². The summed E-state index contributed by atoms with van der Waals surface area (Å²) in [5.41, 5.74) is 0.638. The number of rotatable bonds is 6. The number of carbonyl (C=O) groups is 2. The van der Waals surface area contributed by atoms with E-state index in [4.69, 9.17) is 11.6 Å². The minimum atomic E-state index is -0.959. The summed E-state index contributed by atoms with van der Waals surface area (Å²) in [5, 5.41) is 4.88. The molecule has 1 aromatic heterocycles. The fourth-order valence-corrected chi connectivity index (χ4v) is 2.45. The Bertz CT molecular complexity index is 779. The van der Waals surface area contributed by atoms with Crippen LogP contribution in [-0.2, 0) is 16.1 Å². The molecule has 0 bridgehead atoms. The van der Waals surface area contributed by atoms with Gasteiger partial charge in [0.25, 0.3) is 0 Å². The van der Waals surface area contributed by atoms with Gasteiger partial charge in [-0.2, -0.15) is 0 Å². The number of nitrogens with one attached hydrogen (secondary N) is 2. The number of hydrogen-bond acceptors (Lipinski definition) is 4. The first-order valence-corrected chi connectivity index (χ1v) is 8.56. The lowest BCUT2D eigenvalue weighted by atomic mass is 10.2. The van der Waals surface area contributed by atoms with Crippen LogP contribution in [0.3, 0.4) is 0 Å². The van der Waals surface area contributed by atoms with E-state index in [-0.39, 0.29) is 17.3 Å². The van der Waals surface area contributed by atoms with Crippen molar-refractivity contribution in [1.82, 2.24) is 10.3 Å². The first-order valence-electron chi connectivity index (χ1n) is 8.18. The maximum Gasteiger partial charge on any atom is 0.313 e. The van der Waals surface area contributed by atoms with Gasteiger partial charge in [-0.25, -0.2) is 9.37 Å². The number of aromatic nitrogens is 1. The lowest BCUT2D eigenvalue weighted by Crippen LogP contribution is -2.35. The summed E-state index contributed by atoms with van der Waals surface area (Å²) < 4.78 is 13.6. The molecule has 0 aliphatic heterocycles. The van der Waals surface area contributed by atoms with Gasteiger partial charge in [0.2, 0.25) is 0 Å². The van der Waals surface area contributed by atoms with Gasteiger partial charge in [0.1, 0.15) is 11.6 Å². The van der Waals surface area contributed by atoms with E-state index < -0.39 is 17.6 Å². The van der Waals surface area contributed by atoms with Crippen LogP contribution in [0.5, 0.6) is 0 Å². The highest BCUT2D eigenvalue weighted by Crippen LogP contribution is 2.18. The molecule has 138 valence electrons. The minimum absolute atomic E-state index is 0.111. The van der Waals surface area contributed by atoms with Crippen LogP contribution in [0.2, 0.25) is 5.02 Å². The Morgan fingerprint density at radius 1 is 1.15 bits per heavy atom. The SMILES string of the molecule is CCN(CC)c1ccc(CNC(=O)C(=O)Nc2ccc(Cl)cc2F)cn1. The van der Waals surface area contributed by atoms with Crippen LogP contribution in [0.1, 0.15) is 19.4 Å². The number of pyridine rings is 1.